The van der Waals surface area contributed by atoms with Gasteiger partial charge in [0.1, 0.15) is 17.3 Å². The first-order chi connectivity index (χ1) is 16.2. The highest BCUT2D eigenvalue weighted by Gasteiger charge is 2.50. The van der Waals surface area contributed by atoms with Gasteiger partial charge in [0.15, 0.2) is 11.5 Å². The molecule has 0 radical (unpaired) electrons. The maximum Gasteiger partial charge on any atom is 0.413 e. The second-order valence-corrected chi connectivity index (χ2v) is 8.16. The first-order valence-corrected chi connectivity index (χ1v) is 10.5. The number of pyridine rings is 1. The molecular formula is C23H22FN7O3. The maximum atomic E-state index is 13.6. The van der Waals surface area contributed by atoms with Crippen LogP contribution in [0.1, 0.15) is 37.0 Å². The number of benzene rings is 1. The zero-order valence-corrected chi connectivity index (χ0v) is 18.8. The first-order valence-electron chi connectivity index (χ1n) is 10.5. The highest BCUT2D eigenvalue weighted by molar-refractivity contribution is 5.99. The minimum atomic E-state index is -0.942. The zero-order valence-electron chi connectivity index (χ0n) is 18.8. The molecule has 1 aliphatic carbocycles. The molecule has 1 unspecified atom stereocenters. The molecule has 2 aromatic heterocycles. The Morgan fingerprint density at radius 1 is 1.26 bits per heavy atom. The number of anilines is 2. The van der Waals surface area contributed by atoms with Crippen LogP contribution >= 0.6 is 0 Å². The summed E-state index contributed by atoms with van der Waals surface area (Å²) >= 11 is 0. The minimum absolute atomic E-state index is 0.249. The van der Waals surface area contributed by atoms with Crippen molar-refractivity contribution in [1.29, 1.82) is 5.26 Å². The number of hydrogen-bond acceptors (Lipinski definition) is 7. The number of rotatable bonds is 6. The minimum Gasteiger partial charge on any atom is -0.441 e. The van der Waals surface area contributed by atoms with E-state index in [0.29, 0.717) is 35.5 Å². The van der Waals surface area contributed by atoms with E-state index >= 15 is 0 Å². The van der Waals surface area contributed by atoms with Crippen molar-refractivity contribution in [2.45, 2.75) is 32.8 Å². The van der Waals surface area contributed by atoms with Gasteiger partial charge in [-0.25, -0.2) is 13.9 Å². The fourth-order valence-corrected chi connectivity index (χ4v) is 3.44. The third-order valence-electron chi connectivity index (χ3n) is 5.67. The van der Waals surface area contributed by atoms with Crippen LogP contribution in [0.15, 0.2) is 36.5 Å². The Kier molecular flexibility index (Phi) is 5.98. The van der Waals surface area contributed by atoms with Crippen molar-refractivity contribution < 1.29 is 18.7 Å². The van der Waals surface area contributed by atoms with E-state index < -0.39 is 23.4 Å². The van der Waals surface area contributed by atoms with E-state index in [1.54, 1.807) is 39.1 Å². The highest BCUT2D eigenvalue weighted by atomic mass is 19.1. The summed E-state index contributed by atoms with van der Waals surface area (Å²) in [6.45, 7) is 3.45. The summed E-state index contributed by atoms with van der Waals surface area (Å²) in [6, 6.07) is 9.57. The Bertz CT molecular complexity index is 1290. The van der Waals surface area contributed by atoms with Gasteiger partial charge in [-0.1, -0.05) is 11.3 Å². The van der Waals surface area contributed by atoms with Crippen molar-refractivity contribution in [1.82, 2.24) is 20.0 Å². The maximum absolute atomic E-state index is 13.6. The number of nitrogens with one attached hydrogen (secondary N) is 2. The molecule has 0 saturated heterocycles. The van der Waals surface area contributed by atoms with Gasteiger partial charge < -0.3 is 10.1 Å². The Labute approximate surface area is 194 Å². The molecule has 0 spiro atoms. The summed E-state index contributed by atoms with van der Waals surface area (Å²) < 4.78 is 20.4. The number of halogens is 1. The summed E-state index contributed by atoms with van der Waals surface area (Å²) in [5, 5.41) is 22.4. The second-order valence-electron chi connectivity index (χ2n) is 8.16. The number of nitriles is 1. The van der Waals surface area contributed by atoms with E-state index in [4.69, 9.17) is 10.00 Å². The molecule has 2 amide bonds. The molecule has 11 heteroatoms. The van der Waals surface area contributed by atoms with E-state index in [-0.39, 0.29) is 11.7 Å². The van der Waals surface area contributed by atoms with Crippen molar-refractivity contribution in [2.75, 3.05) is 10.6 Å². The van der Waals surface area contributed by atoms with Gasteiger partial charge in [0.25, 0.3) is 0 Å². The van der Waals surface area contributed by atoms with Gasteiger partial charge in [0.05, 0.1) is 23.6 Å². The Morgan fingerprint density at radius 3 is 2.68 bits per heavy atom. The third kappa shape index (κ3) is 4.56. The summed E-state index contributed by atoms with van der Waals surface area (Å²) in [6.07, 6.45) is 1.07. The van der Waals surface area contributed by atoms with Crippen LogP contribution in [-0.4, -0.2) is 32.0 Å². The number of aromatic nitrogens is 4. The quantitative estimate of drug-likeness (QED) is 0.566. The van der Waals surface area contributed by atoms with Crippen molar-refractivity contribution in [3.63, 3.8) is 0 Å². The third-order valence-corrected chi connectivity index (χ3v) is 5.67. The average molecular weight is 463 g/mol. The van der Waals surface area contributed by atoms with Gasteiger partial charge in [-0.2, -0.15) is 5.26 Å². The SMILES string of the molecule is Cc1ccc(F)cc1C(C)OC(=O)Nc1c(-c2ccc(NC(=O)C3(C#N)CC3)cn2)nnn1C. The summed E-state index contributed by atoms with van der Waals surface area (Å²) in [7, 11) is 1.60. The van der Waals surface area contributed by atoms with Crippen LogP contribution in [0.25, 0.3) is 11.4 Å². The molecule has 10 nitrogen and oxygen atoms in total. The molecule has 0 bridgehead atoms. The average Bonchev–Trinajstić information content (AvgIpc) is 3.54. The fourth-order valence-electron chi connectivity index (χ4n) is 3.44. The van der Waals surface area contributed by atoms with Gasteiger partial charge in [0.2, 0.25) is 5.91 Å². The van der Waals surface area contributed by atoms with Gasteiger partial charge in [0, 0.05) is 7.05 Å². The molecule has 3 aromatic rings. The Hall–Kier alpha value is -4.33. The fraction of sp³-hybridized carbons (Fsp3) is 0.304. The largest absolute Gasteiger partial charge is 0.441 e. The molecule has 0 aliphatic heterocycles. The second kappa shape index (κ2) is 8.90. The van der Waals surface area contributed by atoms with Gasteiger partial charge >= 0.3 is 6.09 Å². The number of aryl methyl sites for hydroxylation is 2. The topological polar surface area (TPSA) is 135 Å². The van der Waals surface area contributed by atoms with Crippen molar-refractivity contribution in [3.8, 4) is 17.5 Å². The predicted molar refractivity (Wildman–Crippen MR) is 120 cm³/mol. The smallest absolute Gasteiger partial charge is 0.413 e. The van der Waals surface area contributed by atoms with Gasteiger partial charge in [-0.05, 0) is 62.1 Å². The Morgan fingerprint density at radius 2 is 2.03 bits per heavy atom. The van der Waals surface area contributed by atoms with Gasteiger partial charge in [-0.15, -0.1) is 5.10 Å². The first kappa shape index (κ1) is 22.8. The van der Waals surface area contributed by atoms with E-state index in [1.165, 1.54) is 23.0 Å². The lowest BCUT2D eigenvalue weighted by Gasteiger charge is -2.16. The van der Waals surface area contributed by atoms with Crippen LogP contribution in [-0.2, 0) is 16.6 Å². The summed E-state index contributed by atoms with van der Waals surface area (Å²) in [5.41, 5.74) is 1.54. The van der Waals surface area contributed by atoms with Crippen LogP contribution in [0.4, 0.5) is 20.7 Å². The Balaban J connectivity index is 1.46. The van der Waals surface area contributed by atoms with E-state index in [0.717, 1.165) is 5.56 Å². The standard InChI is InChI=1S/C23H22FN7O3/c1-13-4-5-15(24)10-17(13)14(2)34-22(33)28-20-19(29-30-31(20)3)18-7-6-16(11-26-18)27-21(32)23(12-25)8-9-23/h4-7,10-11,14H,8-9H2,1-3H3,(H,27,32)(H,28,33). The highest BCUT2D eigenvalue weighted by Crippen LogP contribution is 2.45. The molecule has 1 fully saturated rings. The summed E-state index contributed by atoms with van der Waals surface area (Å²) in [4.78, 5) is 29.1. The summed E-state index contributed by atoms with van der Waals surface area (Å²) in [5.74, 6) is -0.518. The van der Waals surface area contributed by atoms with E-state index in [9.17, 15) is 14.0 Å². The number of nitrogens with zero attached hydrogens (tertiary/aromatic N) is 5. The van der Waals surface area contributed by atoms with Gasteiger partial charge in [-0.3, -0.25) is 15.1 Å². The lowest BCUT2D eigenvalue weighted by Crippen LogP contribution is -2.22. The van der Waals surface area contributed by atoms with Crippen LogP contribution in [0.3, 0.4) is 0 Å². The molecule has 1 aromatic carbocycles. The van der Waals surface area contributed by atoms with Crippen molar-refractivity contribution >= 4 is 23.5 Å². The lowest BCUT2D eigenvalue weighted by atomic mass is 10.0. The van der Waals surface area contributed by atoms with Crippen LogP contribution in [0.5, 0.6) is 0 Å². The zero-order chi connectivity index (χ0) is 24.5. The number of carbonyl (C=O) groups is 2. The number of amides is 2. The molecule has 2 heterocycles. The number of hydrogen-bond donors (Lipinski definition) is 2. The molecule has 174 valence electrons. The number of ether oxygens (including phenoxy) is 1. The number of carbonyl (C=O) groups excluding carboxylic acids is 2. The molecule has 1 aliphatic rings. The lowest BCUT2D eigenvalue weighted by molar-refractivity contribution is -0.119. The molecule has 2 N–H and O–H groups in total. The van der Waals surface area contributed by atoms with Crippen LogP contribution < -0.4 is 10.6 Å². The van der Waals surface area contributed by atoms with Crippen molar-refractivity contribution in [3.05, 3.63) is 53.5 Å². The molecule has 1 saturated carbocycles. The molecule has 4 rings (SSSR count). The van der Waals surface area contributed by atoms with E-state index in [2.05, 4.69) is 25.9 Å². The van der Waals surface area contributed by atoms with E-state index in [1.807, 2.05) is 6.07 Å². The normalized spacial score (nSPS) is 14.6. The molecule has 34 heavy (non-hydrogen) atoms. The van der Waals surface area contributed by atoms with Crippen LogP contribution in [0.2, 0.25) is 0 Å². The molecular weight excluding hydrogens is 441 g/mol. The monoisotopic (exact) mass is 463 g/mol. The van der Waals surface area contributed by atoms with Crippen LogP contribution in [0, 0.1) is 29.5 Å². The molecule has 1 atom stereocenters. The van der Waals surface area contributed by atoms with Crippen molar-refractivity contribution in [2.24, 2.45) is 12.5 Å². The predicted octanol–water partition coefficient (Wildman–Crippen LogP) is 3.88.